The number of amides is 1. The van der Waals surface area contributed by atoms with Crippen LogP contribution in [0.25, 0.3) is 0 Å². The van der Waals surface area contributed by atoms with Crippen LogP contribution in [-0.2, 0) is 4.79 Å². The maximum atomic E-state index is 12.9. The van der Waals surface area contributed by atoms with Crippen LogP contribution in [0.3, 0.4) is 0 Å². The smallest absolute Gasteiger partial charge is 0.261 e. The van der Waals surface area contributed by atoms with Crippen LogP contribution in [0.1, 0.15) is 33.1 Å². The predicted octanol–water partition coefficient (Wildman–Crippen LogP) is 3.30. The van der Waals surface area contributed by atoms with Gasteiger partial charge in [-0.05, 0) is 31.5 Å². The molecule has 1 rings (SSSR count). The number of hydrogen-bond donors (Lipinski definition) is 2. The van der Waals surface area contributed by atoms with E-state index >= 15 is 0 Å². The molecule has 2 atom stereocenters. The third kappa shape index (κ3) is 6.81. The molecule has 22 heavy (non-hydrogen) atoms. The van der Waals surface area contributed by atoms with Crippen molar-refractivity contribution in [3.05, 3.63) is 29.0 Å². The minimum Gasteiger partial charge on any atom is -0.479 e. The highest BCUT2D eigenvalue weighted by molar-refractivity contribution is 6.32. The summed E-state index contributed by atoms with van der Waals surface area (Å²) < 4.78 is 18.4. The Morgan fingerprint density at radius 1 is 1.50 bits per heavy atom. The molecule has 126 valence electrons. The van der Waals surface area contributed by atoms with E-state index in [2.05, 4.69) is 12.2 Å². The second-order valence-corrected chi connectivity index (χ2v) is 5.33. The van der Waals surface area contributed by atoms with Crippen molar-refractivity contribution in [2.24, 2.45) is 5.73 Å². The molecule has 2 unspecified atom stereocenters. The number of nitrogens with two attached hydrogens (primary N) is 1. The molecule has 0 bridgehead atoms. The Bertz CT molecular complexity index is 475. The van der Waals surface area contributed by atoms with Gasteiger partial charge in [0.2, 0.25) is 0 Å². The number of benzene rings is 1. The van der Waals surface area contributed by atoms with Gasteiger partial charge in [-0.1, -0.05) is 31.4 Å². The molecule has 1 amide bonds. The van der Waals surface area contributed by atoms with E-state index in [1.165, 1.54) is 12.1 Å². The Morgan fingerprint density at radius 3 is 2.73 bits per heavy atom. The third-order valence-corrected chi connectivity index (χ3v) is 3.40. The van der Waals surface area contributed by atoms with Crippen molar-refractivity contribution in [2.45, 2.75) is 45.3 Å². The van der Waals surface area contributed by atoms with Crippen molar-refractivity contribution < 1.29 is 13.9 Å². The molecule has 0 aliphatic rings. The van der Waals surface area contributed by atoms with Crippen molar-refractivity contribution in [1.29, 1.82) is 0 Å². The van der Waals surface area contributed by atoms with E-state index in [0.717, 1.165) is 25.3 Å². The Labute approximate surface area is 142 Å². The Balaban J connectivity index is 0.00000441. The average Bonchev–Trinajstić information content (AvgIpc) is 2.45. The Hall–Kier alpha value is -1.04. The summed E-state index contributed by atoms with van der Waals surface area (Å²) in [7, 11) is 0. The van der Waals surface area contributed by atoms with Gasteiger partial charge in [0.05, 0.1) is 5.02 Å². The van der Waals surface area contributed by atoms with Crippen LogP contribution < -0.4 is 15.8 Å². The van der Waals surface area contributed by atoms with Gasteiger partial charge in [-0.2, -0.15) is 0 Å². The predicted molar refractivity (Wildman–Crippen MR) is 89.3 cm³/mol. The molecular weight excluding hydrogens is 330 g/mol. The lowest BCUT2D eigenvalue weighted by Crippen LogP contribution is -2.45. The first kappa shape index (κ1) is 21.0. The second kappa shape index (κ2) is 10.6. The molecular formula is C15H23Cl2FN2O2. The zero-order valence-corrected chi connectivity index (χ0v) is 14.3. The van der Waals surface area contributed by atoms with E-state index in [0.29, 0.717) is 6.54 Å². The topological polar surface area (TPSA) is 64.3 Å². The highest BCUT2D eigenvalue weighted by Gasteiger charge is 2.19. The number of rotatable bonds is 8. The van der Waals surface area contributed by atoms with Crippen LogP contribution in [0.15, 0.2) is 18.2 Å². The minimum atomic E-state index is -0.733. The van der Waals surface area contributed by atoms with Crippen molar-refractivity contribution >= 4 is 29.9 Å². The van der Waals surface area contributed by atoms with Gasteiger partial charge in [0, 0.05) is 12.6 Å². The summed E-state index contributed by atoms with van der Waals surface area (Å²) in [6.45, 7) is 4.08. The zero-order valence-electron chi connectivity index (χ0n) is 12.8. The molecule has 0 spiro atoms. The van der Waals surface area contributed by atoms with Crippen LogP contribution >= 0.6 is 24.0 Å². The summed E-state index contributed by atoms with van der Waals surface area (Å²) in [5.41, 5.74) is 5.64. The van der Waals surface area contributed by atoms with E-state index in [1.54, 1.807) is 6.92 Å². The van der Waals surface area contributed by atoms with E-state index < -0.39 is 11.9 Å². The fraction of sp³-hybridized carbons (Fsp3) is 0.533. The standard InChI is InChI=1S/C15H22ClFN2O2.ClH/c1-3-4-5-12(9-18)19-15(20)10(2)21-14-7-6-11(17)8-13(14)16;/h6-8,10,12H,3-5,9,18H2,1-2H3,(H,19,20);1H. The summed E-state index contributed by atoms with van der Waals surface area (Å²) >= 11 is 5.86. The van der Waals surface area contributed by atoms with Crippen molar-refractivity contribution in [3.63, 3.8) is 0 Å². The number of carbonyl (C=O) groups excluding carboxylic acids is 1. The number of unbranched alkanes of at least 4 members (excludes halogenated alkanes) is 1. The van der Waals surface area contributed by atoms with Gasteiger partial charge in [0.15, 0.2) is 6.10 Å². The van der Waals surface area contributed by atoms with Crippen LogP contribution in [0.4, 0.5) is 4.39 Å². The van der Waals surface area contributed by atoms with Gasteiger partial charge in [-0.15, -0.1) is 12.4 Å². The lowest BCUT2D eigenvalue weighted by molar-refractivity contribution is -0.128. The molecule has 0 aliphatic heterocycles. The summed E-state index contributed by atoms with van der Waals surface area (Å²) in [6, 6.07) is 3.72. The Morgan fingerprint density at radius 2 is 2.18 bits per heavy atom. The largest absolute Gasteiger partial charge is 0.479 e. The van der Waals surface area contributed by atoms with Crippen molar-refractivity contribution in [3.8, 4) is 5.75 Å². The SMILES string of the molecule is CCCCC(CN)NC(=O)C(C)Oc1ccc(F)cc1Cl.Cl. The highest BCUT2D eigenvalue weighted by Crippen LogP contribution is 2.25. The normalized spacial score (nSPS) is 13.0. The van der Waals surface area contributed by atoms with Crippen LogP contribution in [0.5, 0.6) is 5.75 Å². The zero-order chi connectivity index (χ0) is 15.8. The second-order valence-electron chi connectivity index (χ2n) is 4.92. The quantitative estimate of drug-likeness (QED) is 0.754. The molecule has 1 aromatic carbocycles. The molecule has 0 saturated heterocycles. The highest BCUT2D eigenvalue weighted by atomic mass is 35.5. The maximum Gasteiger partial charge on any atom is 0.261 e. The van der Waals surface area contributed by atoms with Gasteiger partial charge in [0.25, 0.3) is 5.91 Å². The molecule has 0 saturated carbocycles. The first-order valence-corrected chi connectivity index (χ1v) is 7.47. The van der Waals surface area contributed by atoms with Gasteiger partial charge in [-0.3, -0.25) is 4.79 Å². The maximum absolute atomic E-state index is 12.9. The summed E-state index contributed by atoms with van der Waals surface area (Å²) in [5.74, 6) is -0.437. The molecule has 0 aliphatic carbocycles. The fourth-order valence-corrected chi connectivity index (χ4v) is 2.04. The lowest BCUT2D eigenvalue weighted by Gasteiger charge is -2.20. The molecule has 0 radical (unpaired) electrons. The monoisotopic (exact) mass is 352 g/mol. The number of hydrogen-bond acceptors (Lipinski definition) is 3. The number of nitrogens with one attached hydrogen (secondary N) is 1. The molecule has 0 aromatic heterocycles. The van der Waals surface area contributed by atoms with Gasteiger partial charge in [-0.25, -0.2) is 4.39 Å². The van der Waals surface area contributed by atoms with Gasteiger partial charge in [0.1, 0.15) is 11.6 Å². The summed E-state index contributed by atoms with van der Waals surface area (Å²) in [6.07, 6.45) is 2.15. The van der Waals surface area contributed by atoms with Crippen LogP contribution in [0.2, 0.25) is 5.02 Å². The Kier molecular flexibility index (Phi) is 10.1. The number of carbonyl (C=O) groups is 1. The number of halogens is 3. The molecule has 0 fully saturated rings. The summed E-state index contributed by atoms with van der Waals surface area (Å²) in [4.78, 5) is 12.0. The molecule has 0 heterocycles. The average molecular weight is 353 g/mol. The van der Waals surface area contributed by atoms with E-state index in [-0.39, 0.29) is 35.1 Å². The van der Waals surface area contributed by atoms with Gasteiger partial charge < -0.3 is 15.8 Å². The molecule has 7 heteroatoms. The minimum absolute atomic E-state index is 0. The van der Waals surface area contributed by atoms with Gasteiger partial charge >= 0.3 is 0 Å². The lowest BCUT2D eigenvalue weighted by atomic mass is 10.1. The molecule has 4 nitrogen and oxygen atoms in total. The fourth-order valence-electron chi connectivity index (χ4n) is 1.83. The van der Waals surface area contributed by atoms with E-state index in [9.17, 15) is 9.18 Å². The van der Waals surface area contributed by atoms with Crippen LogP contribution in [0, 0.1) is 5.82 Å². The first-order valence-electron chi connectivity index (χ1n) is 7.10. The third-order valence-electron chi connectivity index (χ3n) is 3.10. The van der Waals surface area contributed by atoms with E-state index in [1.807, 2.05) is 0 Å². The number of ether oxygens (including phenoxy) is 1. The van der Waals surface area contributed by atoms with Crippen LogP contribution in [-0.4, -0.2) is 24.6 Å². The summed E-state index contributed by atoms with van der Waals surface area (Å²) in [5, 5.41) is 2.98. The first-order chi connectivity index (χ1) is 9.97. The van der Waals surface area contributed by atoms with Crippen molar-refractivity contribution in [1.82, 2.24) is 5.32 Å². The molecule has 1 aromatic rings. The van der Waals surface area contributed by atoms with Crippen molar-refractivity contribution in [2.75, 3.05) is 6.54 Å². The van der Waals surface area contributed by atoms with E-state index in [4.69, 9.17) is 22.1 Å². The molecule has 3 N–H and O–H groups in total.